The van der Waals surface area contributed by atoms with Crippen molar-refractivity contribution in [2.24, 2.45) is 0 Å². The SMILES string of the molecule is O=C(NCCSc1ccccc1)NCCC(=O)N1CCCCC1. The molecule has 2 N–H and O–H groups in total. The van der Waals surface area contributed by atoms with Crippen LogP contribution in [0.3, 0.4) is 0 Å². The highest BCUT2D eigenvalue weighted by molar-refractivity contribution is 7.99. The van der Waals surface area contributed by atoms with E-state index in [-0.39, 0.29) is 11.9 Å². The molecule has 0 aromatic heterocycles. The summed E-state index contributed by atoms with van der Waals surface area (Å²) in [7, 11) is 0. The first kappa shape index (κ1) is 17.7. The first-order valence-electron chi connectivity index (χ1n) is 8.23. The Morgan fingerprint density at radius 1 is 1.00 bits per heavy atom. The van der Waals surface area contributed by atoms with E-state index in [1.54, 1.807) is 11.8 Å². The molecule has 1 heterocycles. The Morgan fingerprint density at radius 3 is 2.43 bits per heavy atom. The Bertz CT molecular complexity index is 490. The number of carbonyl (C=O) groups is 2. The smallest absolute Gasteiger partial charge is 0.314 e. The summed E-state index contributed by atoms with van der Waals surface area (Å²) >= 11 is 1.71. The van der Waals surface area contributed by atoms with Crippen molar-refractivity contribution in [1.82, 2.24) is 15.5 Å². The lowest BCUT2D eigenvalue weighted by atomic mass is 10.1. The van der Waals surface area contributed by atoms with Gasteiger partial charge in [-0.2, -0.15) is 0 Å². The number of urea groups is 1. The monoisotopic (exact) mass is 335 g/mol. The van der Waals surface area contributed by atoms with Crippen LogP contribution in [-0.4, -0.2) is 48.8 Å². The van der Waals surface area contributed by atoms with E-state index in [4.69, 9.17) is 0 Å². The van der Waals surface area contributed by atoms with Gasteiger partial charge in [-0.3, -0.25) is 4.79 Å². The lowest BCUT2D eigenvalue weighted by Gasteiger charge is -2.26. The fourth-order valence-electron chi connectivity index (χ4n) is 2.50. The minimum Gasteiger partial charge on any atom is -0.343 e. The Hall–Kier alpha value is -1.69. The number of hydrogen-bond acceptors (Lipinski definition) is 3. The average molecular weight is 335 g/mol. The van der Waals surface area contributed by atoms with Gasteiger partial charge in [-0.05, 0) is 31.4 Å². The maximum absolute atomic E-state index is 11.9. The molecule has 1 aliphatic heterocycles. The maximum Gasteiger partial charge on any atom is 0.314 e. The molecule has 0 atom stereocenters. The van der Waals surface area contributed by atoms with Crippen molar-refractivity contribution in [3.8, 4) is 0 Å². The van der Waals surface area contributed by atoms with E-state index in [0.29, 0.717) is 19.5 Å². The highest BCUT2D eigenvalue weighted by atomic mass is 32.2. The molecule has 1 aromatic carbocycles. The third-order valence-electron chi connectivity index (χ3n) is 3.73. The molecule has 1 saturated heterocycles. The molecular weight excluding hydrogens is 310 g/mol. The van der Waals surface area contributed by atoms with Gasteiger partial charge in [0.15, 0.2) is 0 Å². The highest BCUT2D eigenvalue weighted by Gasteiger charge is 2.15. The molecule has 5 nitrogen and oxygen atoms in total. The van der Waals surface area contributed by atoms with Crippen LogP contribution >= 0.6 is 11.8 Å². The van der Waals surface area contributed by atoms with Crippen LogP contribution < -0.4 is 10.6 Å². The lowest BCUT2D eigenvalue weighted by molar-refractivity contribution is -0.131. The predicted molar refractivity (Wildman–Crippen MR) is 93.6 cm³/mol. The molecule has 2 rings (SSSR count). The van der Waals surface area contributed by atoms with Crippen LogP contribution in [0.4, 0.5) is 4.79 Å². The molecule has 126 valence electrons. The van der Waals surface area contributed by atoms with E-state index >= 15 is 0 Å². The fraction of sp³-hybridized carbons (Fsp3) is 0.529. The zero-order valence-electron chi connectivity index (χ0n) is 13.4. The molecule has 3 amide bonds. The molecule has 0 saturated carbocycles. The van der Waals surface area contributed by atoms with E-state index in [2.05, 4.69) is 22.8 Å². The summed E-state index contributed by atoms with van der Waals surface area (Å²) in [6, 6.07) is 9.89. The van der Waals surface area contributed by atoms with Crippen LogP contribution in [0.1, 0.15) is 25.7 Å². The molecule has 6 heteroatoms. The van der Waals surface area contributed by atoms with Crippen molar-refractivity contribution in [3.05, 3.63) is 30.3 Å². The zero-order valence-corrected chi connectivity index (χ0v) is 14.2. The summed E-state index contributed by atoms with van der Waals surface area (Å²) in [6.07, 6.45) is 3.79. The van der Waals surface area contributed by atoms with Gasteiger partial charge in [0, 0.05) is 43.2 Å². The standard InChI is InChI=1S/C17H25N3O2S/c21-16(20-12-5-2-6-13-20)9-10-18-17(22)19-11-14-23-15-7-3-1-4-8-15/h1,3-4,7-8H,2,5-6,9-14H2,(H2,18,19,22). The minimum atomic E-state index is -0.204. The number of amides is 3. The number of carbonyl (C=O) groups excluding carboxylic acids is 2. The van der Waals surface area contributed by atoms with Crippen LogP contribution in [0.15, 0.2) is 35.2 Å². The van der Waals surface area contributed by atoms with E-state index in [0.717, 1.165) is 31.7 Å². The summed E-state index contributed by atoms with van der Waals surface area (Å²) in [6.45, 7) is 2.72. The van der Waals surface area contributed by atoms with Gasteiger partial charge in [0.2, 0.25) is 5.91 Å². The quantitative estimate of drug-likeness (QED) is 0.594. The number of rotatable bonds is 7. The van der Waals surface area contributed by atoms with Crippen molar-refractivity contribution >= 4 is 23.7 Å². The minimum absolute atomic E-state index is 0.143. The van der Waals surface area contributed by atoms with Gasteiger partial charge < -0.3 is 15.5 Å². The summed E-state index contributed by atoms with van der Waals surface area (Å²) in [5, 5.41) is 5.55. The van der Waals surface area contributed by atoms with Crippen LogP contribution in [0.2, 0.25) is 0 Å². The molecule has 0 radical (unpaired) electrons. The number of nitrogens with zero attached hydrogens (tertiary/aromatic N) is 1. The predicted octanol–water partition coefficient (Wildman–Crippen LogP) is 2.48. The zero-order chi connectivity index (χ0) is 16.3. The third-order valence-corrected chi connectivity index (χ3v) is 4.75. The van der Waals surface area contributed by atoms with Crippen molar-refractivity contribution in [3.63, 3.8) is 0 Å². The Kier molecular flexibility index (Phi) is 7.80. The lowest BCUT2D eigenvalue weighted by Crippen LogP contribution is -2.40. The number of piperidine rings is 1. The molecule has 1 fully saturated rings. The van der Waals surface area contributed by atoms with Gasteiger partial charge in [0.25, 0.3) is 0 Å². The first-order valence-corrected chi connectivity index (χ1v) is 9.21. The van der Waals surface area contributed by atoms with E-state index in [1.807, 2.05) is 23.1 Å². The number of benzene rings is 1. The Labute approximate surface area is 142 Å². The van der Waals surface area contributed by atoms with Gasteiger partial charge in [-0.1, -0.05) is 18.2 Å². The van der Waals surface area contributed by atoms with Crippen LogP contribution in [0.5, 0.6) is 0 Å². The van der Waals surface area contributed by atoms with E-state index < -0.39 is 0 Å². The number of nitrogens with one attached hydrogen (secondary N) is 2. The van der Waals surface area contributed by atoms with Gasteiger partial charge in [-0.15, -0.1) is 11.8 Å². The topological polar surface area (TPSA) is 61.4 Å². The van der Waals surface area contributed by atoms with Crippen molar-refractivity contribution in [2.45, 2.75) is 30.6 Å². The number of hydrogen-bond donors (Lipinski definition) is 2. The maximum atomic E-state index is 11.9. The van der Waals surface area contributed by atoms with E-state index in [1.165, 1.54) is 11.3 Å². The second-order valence-corrected chi connectivity index (χ2v) is 6.70. The summed E-state index contributed by atoms with van der Waals surface area (Å²) in [5.41, 5.74) is 0. The fourth-order valence-corrected chi connectivity index (χ4v) is 3.29. The Morgan fingerprint density at radius 2 is 1.70 bits per heavy atom. The van der Waals surface area contributed by atoms with Gasteiger partial charge >= 0.3 is 6.03 Å². The molecule has 0 bridgehead atoms. The van der Waals surface area contributed by atoms with Gasteiger partial charge in [-0.25, -0.2) is 4.79 Å². The molecule has 0 spiro atoms. The molecular formula is C17H25N3O2S. The van der Waals surface area contributed by atoms with Crippen molar-refractivity contribution in [1.29, 1.82) is 0 Å². The molecule has 0 unspecified atom stereocenters. The highest BCUT2D eigenvalue weighted by Crippen LogP contribution is 2.15. The van der Waals surface area contributed by atoms with Gasteiger partial charge in [0.05, 0.1) is 0 Å². The van der Waals surface area contributed by atoms with Crippen LogP contribution in [0, 0.1) is 0 Å². The van der Waals surface area contributed by atoms with Crippen LogP contribution in [0.25, 0.3) is 0 Å². The molecule has 1 aliphatic rings. The number of likely N-dealkylation sites (tertiary alicyclic amines) is 1. The largest absolute Gasteiger partial charge is 0.343 e. The second-order valence-electron chi connectivity index (χ2n) is 5.54. The second kappa shape index (κ2) is 10.2. The van der Waals surface area contributed by atoms with E-state index in [9.17, 15) is 9.59 Å². The summed E-state index contributed by atoms with van der Waals surface area (Å²) < 4.78 is 0. The Balaban J connectivity index is 1.50. The normalized spacial score (nSPS) is 14.3. The average Bonchev–Trinajstić information content (AvgIpc) is 2.60. The van der Waals surface area contributed by atoms with Crippen molar-refractivity contribution < 1.29 is 9.59 Å². The molecule has 23 heavy (non-hydrogen) atoms. The molecule has 0 aliphatic carbocycles. The van der Waals surface area contributed by atoms with Gasteiger partial charge in [0.1, 0.15) is 0 Å². The summed E-state index contributed by atoms with van der Waals surface area (Å²) in [5.74, 6) is 0.967. The molecule has 1 aromatic rings. The first-order chi connectivity index (χ1) is 11.3. The summed E-state index contributed by atoms with van der Waals surface area (Å²) in [4.78, 5) is 26.7. The van der Waals surface area contributed by atoms with Crippen molar-refractivity contribution in [2.75, 3.05) is 31.9 Å². The third kappa shape index (κ3) is 6.95. The van der Waals surface area contributed by atoms with Crippen LogP contribution in [-0.2, 0) is 4.79 Å². The number of thioether (sulfide) groups is 1.